The quantitative estimate of drug-likeness (QED) is 0.184. The van der Waals surface area contributed by atoms with Gasteiger partial charge in [-0.25, -0.2) is 15.8 Å². The Balaban J connectivity index is 2.53. The summed E-state index contributed by atoms with van der Waals surface area (Å²) >= 11 is 0. The molecule has 1 aromatic rings. The van der Waals surface area contributed by atoms with Gasteiger partial charge in [-0.15, -0.1) is 0 Å². The fourth-order valence-corrected chi connectivity index (χ4v) is 0.661. The number of rotatable bonds is 2. The summed E-state index contributed by atoms with van der Waals surface area (Å²) in [5.74, 6) is 6.49. The van der Waals surface area contributed by atoms with Crippen LogP contribution in [0.1, 0.15) is 11.6 Å². The molecular formula is C5H11N7. The van der Waals surface area contributed by atoms with Crippen LogP contribution in [0, 0.1) is 6.92 Å². The fourth-order valence-electron chi connectivity index (χ4n) is 0.661. The molecule has 0 radical (unpaired) electrons. The molecule has 0 amide bonds. The van der Waals surface area contributed by atoms with Crippen LogP contribution < -0.4 is 17.0 Å². The summed E-state index contributed by atoms with van der Waals surface area (Å²) in [5.41, 5.74) is 7.48. The van der Waals surface area contributed by atoms with Gasteiger partial charge in [-0.2, -0.15) is 5.10 Å². The first-order chi connectivity index (χ1) is 5.72. The van der Waals surface area contributed by atoms with Crippen LogP contribution in [0.15, 0.2) is 4.99 Å². The molecule has 0 aliphatic heterocycles. The summed E-state index contributed by atoms with van der Waals surface area (Å²) in [7, 11) is 0. The van der Waals surface area contributed by atoms with Crippen molar-refractivity contribution in [2.24, 2.45) is 16.6 Å². The Bertz CT molecular complexity index is 275. The topological polar surface area (TPSA) is 118 Å². The summed E-state index contributed by atoms with van der Waals surface area (Å²) in [6, 6.07) is 0. The molecule has 1 aromatic heterocycles. The average molecular weight is 169 g/mol. The van der Waals surface area contributed by atoms with Gasteiger partial charge in [-0.1, -0.05) is 0 Å². The Labute approximate surface area is 69.2 Å². The molecule has 7 heteroatoms. The van der Waals surface area contributed by atoms with Gasteiger partial charge in [0, 0.05) is 0 Å². The van der Waals surface area contributed by atoms with Crippen LogP contribution in [0.4, 0.5) is 0 Å². The monoisotopic (exact) mass is 169 g/mol. The highest BCUT2D eigenvalue weighted by molar-refractivity contribution is 5.76. The van der Waals surface area contributed by atoms with E-state index in [2.05, 4.69) is 25.6 Å². The van der Waals surface area contributed by atoms with Gasteiger partial charge >= 0.3 is 0 Å². The van der Waals surface area contributed by atoms with E-state index in [1.807, 2.05) is 6.92 Å². The number of aromatic amines is 1. The zero-order chi connectivity index (χ0) is 8.97. The second kappa shape index (κ2) is 3.67. The third-order valence-electron chi connectivity index (χ3n) is 1.18. The molecule has 0 saturated carbocycles. The van der Waals surface area contributed by atoms with Crippen molar-refractivity contribution in [1.29, 1.82) is 0 Å². The van der Waals surface area contributed by atoms with Crippen LogP contribution in [0.25, 0.3) is 0 Å². The lowest BCUT2D eigenvalue weighted by Crippen LogP contribution is -2.37. The number of guanidine groups is 1. The zero-order valence-corrected chi connectivity index (χ0v) is 6.70. The molecule has 0 aromatic carbocycles. The van der Waals surface area contributed by atoms with Crippen molar-refractivity contribution in [3.8, 4) is 0 Å². The van der Waals surface area contributed by atoms with Gasteiger partial charge in [0.15, 0.2) is 5.82 Å². The molecule has 6 N–H and O–H groups in total. The van der Waals surface area contributed by atoms with E-state index in [0.29, 0.717) is 12.4 Å². The molecule has 0 saturated heterocycles. The maximum Gasteiger partial charge on any atom is 0.203 e. The van der Waals surface area contributed by atoms with E-state index in [0.717, 1.165) is 5.82 Å². The molecule has 66 valence electrons. The first-order valence-corrected chi connectivity index (χ1v) is 3.37. The number of aromatic nitrogens is 3. The van der Waals surface area contributed by atoms with Crippen LogP contribution in [0.5, 0.6) is 0 Å². The summed E-state index contributed by atoms with van der Waals surface area (Å²) < 4.78 is 0. The largest absolute Gasteiger partial charge is 0.369 e. The first kappa shape index (κ1) is 8.47. The van der Waals surface area contributed by atoms with Crippen molar-refractivity contribution < 1.29 is 0 Å². The van der Waals surface area contributed by atoms with E-state index >= 15 is 0 Å². The normalized spacial score (nSPS) is 11.7. The predicted molar refractivity (Wildman–Crippen MR) is 43.8 cm³/mol. The summed E-state index contributed by atoms with van der Waals surface area (Å²) in [6.07, 6.45) is 0. The molecule has 0 aliphatic rings. The first-order valence-electron chi connectivity index (χ1n) is 3.37. The van der Waals surface area contributed by atoms with Gasteiger partial charge in [0.2, 0.25) is 5.96 Å². The summed E-state index contributed by atoms with van der Waals surface area (Å²) in [4.78, 5) is 7.86. The number of nitrogens with one attached hydrogen (secondary N) is 2. The molecule has 1 rings (SSSR count). The Kier molecular flexibility index (Phi) is 2.59. The van der Waals surface area contributed by atoms with E-state index in [1.165, 1.54) is 0 Å². The van der Waals surface area contributed by atoms with Crippen LogP contribution >= 0.6 is 0 Å². The molecular weight excluding hydrogens is 158 g/mol. The van der Waals surface area contributed by atoms with E-state index < -0.39 is 0 Å². The third kappa shape index (κ3) is 2.20. The number of nitrogens with zero attached hydrogens (tertiary/aromatic N) is 3. The third-order valence-corrected chi connectivity index (χ3v) is 1.18. The molecule has 0 unspecified atom stereocenters. The van der Waals surface area contributed by atoms with E-state index in [1.54, 1.807) is 0 Å². The number of H-pyrrole nitrogens is 1. The molecule has 0 bridgehead atoms. The van der Waals surface area contributed by atoms with Gasteiger partial charge in [-0.05, 0) is 6.92 Å². The molecule has 0 aliphatic carbocycles. The minimum atomic E-state index is 0.164. The lowest BCUT2D eigenvalue weighted by atomic mass is 10.6. The SMILES string of the molecule is Cc1nc(CN=C(N)NN)n[nH]1. The summed E-state index contributed by atoms with van der Waals surface area (Å²) in [6.45, 7) is 2.13. The van der Waals surface area contributed by atoms with E-state index in [9.17, 15) is 0 Å². The number of aryl methyl sites for hydroxylation is 1. The Morgan fingerprint density at radius 3 is 3.00 bits per heavy atom. The molecule has 12 heavy (non-hydrogen) atoms. The Morgan fingerprint density at radius 1 is 1.75 bits per heavy atom. The van der Waals surface area contributed by atoms with Crippen LogP contribution in [-0.2, 0) is 6.54 Å². The minimum absolute atomic E-state index is 0.164. The second-order valence-electron chi connectivity index (χ2n) is 2.18. The van der Waals surface area contributed by atoms with Gasteiger partial charge in [-0.3, -0.25) is 10.5 Å². The van der Waals surface area contributed by atoms with Crippen LogP contribution in [0.2, 0.25) is 0 Å². The standard InChI is InChI=1S/C5H11N7/c1-3-9-4(12-11-3)2-8-5(6)10-7/h2,7H2,1H3,(H3,6,8,10)(H,9,11,12). The lowest BCUT2D eigenvalue weighted by Gasteiger charge is -1.94. The van der Waals surface area contributed by atoms with Crippen molar-refractivity contribution in [3.63, 3.8) is 0 Å². The average Bonchev–Trinajstić information content (AvgIpc) is 2.47. The highest BCUT2D eigenvalue weighted by atomic mass is 15.3. The highest BCUT2D eigenvalue weighted by Crippen LogP contribution is 1.91. The van der Waals surface area contributed by atoms with Crippen LogP contribution in [-0.4, -0.2) is 21.1 Å². The van der Waals surface area contributed by atoms with Crippen molar-refractivity contribution in [3.05, 3.63) is 11.6 Å². The molecule has 7 nitrogen and oxygen atoms in total. The van der Waals surface area contributed by atoms with E-state index in [-0.39, 0.29) is 5.96 Å². The number of aliphatic imine (C=N–C) groups is 1. The number of hydrogen-bond acceptors (Lipinski definition) is 4. The zero-order valence-electron chi connectivity index (χ0n) is 6.70. The second-order valence-corrected chi connectivity index (χ2v) is 2.18. The van der Waals surface area contributed by atoms with Crippen LogP contribution in [0.3, 0.4) is 0 Å². The molecule has 0 fully saturated rings. The molecule has 0 spiro atoms. The summed E-state index contributed by atoms with van der Waals surface area (Å²) in [5, 5.41) is 6.54. The van der Waals surface area contributed by atoms with Crippen molar-refractivity contribution in [2.75, 3.05) is 0 Å². The minimum Gasteiger partial charge on any atom is -0.369 e. The highest BCUT2D eigenvalue weighted by Gasteiger charge is 1.97. The number of hydrogen-bond donors (Lipinski definition) is 4. The van der Waals surface area contributed by atoms with Crippen molar-refractivity contribution in [1.82, 2.24) is 20.6 Å². The maximum absolute atomic E-state index is 5.28. The molecule has 0 atom stereocenters. The Hall–Kier alpha value is -1.63. The molecule has 1 heterocycles. The van der Waals surface area contributed by atoms with Crippen molar-refractivity contribution >= 4 is 5.96 Å². The van der Waals surface area contributed by atoms with Crippen molar-refractivity contribution in [2.45, 2.75) is 13.5 Å². The predicted octanol–water partition coefficient (Wildman–Crippen LogP) is -1.61. The Morgan fingerprint density at radius 2 is 2.50 bits per heavy atom. The van der Waals surface area contributed by atoms with E-state index in [4.69, 9.17) is 11.6 Å². The van der Waals surface area contributed by atoms with Gasteiger partial charge in [0.05, 0.1) is 0 Å². The smallest absolute Gasteiger partial charge is 0.203 e. The number of nitrogens with two attached hydrogens (primary N) is 2. The number of hydrazine groups is 1. The van der Waals surface area contributed by atoms with Gasteiger partial charge in [0.25, 0.3) is 0 Å². The van der Waals surface area contributed by atoms with Gasteiger partial charge in [0.1, 0.15) is 12.4 Å². The lowest BCUT2D eigenvalue weighted by molar-refractivity contribution is 0.891. The van der Waals surface area contributed by atoms with Gasteiger partial charge < -0.3 is 5.73 Å². The fraction of sp³-hybridized carbons (Fsp3) is 0.400. The maximum atomic E-state index is 5.28.